The van der Waals surface area contributed by atoms with Gasteiger partial charge in [-0.2, -0.15) is 0 Å². The maximum Gasteiger partial charge on any atom is 0.122 e. The van der Waals surface area contributed by atoms with Crippen molar-refractivity contribution in [2.75, 3.05) is 13.2 Å². The zero-order valence-electron chi connectivity index (χ0n) is 12.5. The summed E-state index contributed by atoms with van der Waals surface area (Å²) in [5.74, 6) is 2.40. The lowest BCUT2D eigenvalue weighted by Crippen LogP contribution is -2.35. The first-order valence-corrected chi connectivity index (χ1v) is 7.67. The molecule has 0 saturated heterocycles. The van der Waals surface area contributed by atoms with Crippen molar-refractivity contribution in [3.63, 3.8) is 0 Å². The quantitative estimate of drug-likeness (QED) is 0.802. The first kappa shape index (κ1) is 14.4. The van der Waals surface area contributed by atoms with Crippen LogP contribution in [0.25, 0.3) is 0 Å². The zero-order chi connectivity index (χ0) is 13.7. The molecule has 2 nitrogen and oxygen atoms in total. The molecule has 1 aliphatic rings. The SMILES string of the molecule is CCNC(CCCC(C)C)C1COc2ccccc21. The number of hydrogen-bond donors (Lipinski definition) is 1. The van der Waals surface area contributed by atoms with Gasteiger partial charge in [0.25, 0.3) is 0 Å². The van der Waals surface area contributed by atoms with Gasteiger partial charge in [0.15, 0.2) is 0 Å². The Labute approximate surface area is 117 Å². The number of benzene rings is 1. The van der Waals surface area contributed by atoms with Crippen molar-refractivity contribution in [1.82, 2.24) is 5.32 Å². The molecule has 1 N–H and O–H groups in total. The number of para-hydroxylation sites is 1. The maximum absolute atomic E-state index is 5.83. The summed E-state index contributed by atoms with van der Waals surface area (Å²) in [6.07, 6.45) is 3.86. The van der Waals surface area contributed by atoms with E-state index in [9.17, 15) is 0 Å². The number of rotatable bonds is 7. The van der Waals surface area contributed by atoms with Crippen molar-refractivity contribution < 1.29 is 4.74 Å². The fraction of sp³-hybridized carbons (Fsp3) is 0.647. The van der Waals surface area contributed by atoms with Gasteiger partial charge in [0.05, 0.1) is 6.61 Å². The number of likely N-dealkylation sites (N-methyl/N-ethyl adjacent to an activating group) is 1. The molecule has 2 unspecified atom stereocenters. The van der Waals surface area contributed by atoms with Crippen LogP contribution in [0.5, 0.6) is 5.75 Å². The summed E-state index contributed by atoms with van der Waals surface area (Å²) in [7, 11) is 0. The average molecular weight is 261 g/mol. The van der Waals surface area contributed by atoms with E-state index in [0.29, 0.717) is 12.0 Å². The van der Waals surface area contributed by atoms with Crippen LogP contribution in [0, 0.1) is 5.92 Å². The molecule has 1 heterocycles. The van der Waals surface area contributed by atoms with Crippen LogP contribution >= 0.6 is 0 Å². The lowest BCUT2D eigenvalue weighted by molar-refractivity contribution is 0.288. The Hall–Kier alpha value is -1.02. The zero-order valence-corrected chi connectivity index (χ0v) is 12.5. The monoisotopic (exact) mass is 261 g/mol. The van der Waals surface area contributed by atoms with E-state index in [1.807, 2.05) is 0 Å². The van der Waals surface area contributed by atoms with E-state index in [4.69, 9.17) is 4.74 Å². The molecule has 1 aliphatic heterocycles. The lowest BCUT2D eigenvalue weighted by Gasteiger charge is -2.24. The molecule has 19 heavy (non-hydrogen) atoms. The van der Waals surface area contributed by atoms with Crippen molar-refractivity contribution in [2.45, 2.75) is 52.0 Å². The van der Waals surface area contributed by atoms with Gasteiger partial charge in [0.2, 0.25) is 0 Å². The fourth-order valence-corrected chi connectivity index (χ4v) is 2.97. The molecular formula is C17H27NO. The fourth-order valence-electron chi connectivity index (χ4n) is 2.97. The first-order valence-electron chi connectivity index (χ1n) is 7.67. The summed E-state index contributed by atoms with van der Waals surface area (Å²) in [5, 5.41) is 3.66. The summed E-state index contributed by atoms with van der Waals surface area (Å²) in [6.45, 7) is 8.66. The Morgan fingerprint density at radius 2 is 2.05 bits per heavy atom. The highest BCUT2D eigenvalue weighted by Gasteiger charge is 2.30. The highest BCUT2D eigenvalue weighted by molar-refractivity contribution is 5.40. The lowest BCUT2D eigenvalue weighted by atomic mass is 9.89. The number of fused-ring (bicyclic) bond motifs is 1. The maximum atomic E-state index is 5.83. The first-order chi connectivity index (χ1) is 9.22. The standard InChI is InChI=1S/C17H27NO/c1-4-18-16(10-7-8-13(2)3)15-12-19-17-11-6-5-9-14(15)17/h5-6,9,11,13,15-16,18H,4,7-8,10,12H2,1-3H3. The molecular weight excluding hydrogens is 234 g/mol. The van der Waals surface area contributed by atoms with Crippen molar-refractivity contribution in [1.29, 1.82) is 0 Å². The summed E-state index contributed by atoms with van der Waals surface area (Å²) in [5.41, 5.74) is 1.39. The Kier molecular flexibility index (Phi) is 5.26. The minimum atomic E-state index is 0.517. The number of ether oxygens (including phenoxy) is 1. The second kappa shape index (κ2) is 6.95. The van der Waals surface area contributed by atoms with Crippen LogP contribution in [0.2, 0.25) is 0 Å². The van der Waals surface area contributed by atoms with Gasteiger partial charge in [-0.05, 0) is 24.9 Å². The molecule has 0 radical (unpaired) electrons. The number of nitrogens with one attached hydrogen (secondary N) is 1. The van der Waals surface area contributed by atoms with Crippen LogP contribution in [0.15, 0.2) is 24.3 Å². The van der Waals surface area contributed by atoms with Crippen molar-refractivity contribution in [2.24, 2.45) is 5.92 Å². The van der Waals surface area contributed by atoms with Crippen LogP contribution in [0.1, 0.15) is 51.5 Å². The second-order valence-corrected chi connectivity index (χ2v) is 5.94. The Morgan fingerprint density at radius 3 is 2.79 bits per heavy atom. The molecule has 1 aromatic carbocycles. The third-order valence-electron chi connectivity index (χ3n) is 3.99. The van der Waals surface area contributed by atoms with E-state index in [1.165, 1.54) is 24.8 Å². The number of hydrogen-bond acceptors (Lipinski definition) is 2. The smallest absolute Gasteiger partial charge is 0.122 e. The van der Waals surface area contributed by atoms with Gasteiger partial charge < -0.3 is 10.1 Å². The van der Waals surface area contributed by atoms with Crippen LogP contribution in [0.4, 0.5) is 0 Å². The minimum Gasteiger partial charge on any atom is -0.493 e. The van der Waals surface area contributed by atoms with Gasteiger partial charge in [-0.25, -0.2) is 0 Å². The average Bonchev–Trinajstić information content (AvgIpc) is 2.81. The van der Waals surface area contributed by atoms with Crippen molar-refractivity contribution >= 4 is 0 Å². The van der Waals surface area contributed by atoms with Gasteiger partial charge in [0.1, 0.15) is 5.75 Å². The Morgan fingerprint density at radius 1 is 1.26 bits per heavy atom. The third-order valence-corrected chi connectivity index (χ3v) is 3.99. The van der Waals surface area contributed by atoms with E-state index in [2.05, 4.69) is 50.4 Å². The van der Waals surface area contributed by atoms with Gasteiger partial charge >= 0.3 is 0 Å². The molecule has 2 heteroatoms. The van der Waals surface area contributed by atoms with Crippen LogP contribution in [0.3, 0.4) is 0 Å². The highest BCUT2D eigenvalue weighted by atomic mass is 16.5. The second-order valence-electron chi connectivity index (χ2n) is 5.94. The van der Waals surface area contributed by atoms with E-state index >= 15 is 0 Å². The van der Waals surface area contributed by atoms with Crippen molar-refractivity contribution in [3.8, 4) is 5.75 Å². The normalized spacial score (nSPS) is 19.3. The van der Waals surface area contributed by atoms with Gasteiger partial charge in [-0.15, -0.1) is 0 Å². The third kappa shape index (κ3) is 3.73. The molecule has 0 amide bonds. The predicted molar refractivity (Wildman–Crippen MR) is 80.8 cm³/mol. The van der Waals surface area contributed by atoms with Crippen LogP contribution < -0.4 is 10.1 Å². The van der Waals surface area contributed by atoms with Crippen LogP contribution in [-0.2, 0) is 0 Å². The molecule has 0 fully saturated rings. The largest absolute Gasteiger partial charge is 0.493 e. The van der Waals surface area contributed by atoms with Gasteiger partial charge in [0, 0.05) is 17.5 Å². The molecule has 106 valence electrons. The Bertz CT molecular complexity index is 389. The summed E-state index contributed by atoms with van der Waals surface area (Å²) in [6, 6.07) is 9.04. The topological polar surface area (TPSA) is 21.3 Å². The predicted octanol–water partition coefficient (Wildman–Crippen LogP) is 3.97. The molecule has 0 bridgehead atoms. The van der Waals surface area contributed by atoms with E-state index in [0.717, 1.165) is 24.8 Å². The molecule has 0 aromatic heterocycles. The van der Waals surface area contributed by atoms with E-state index in [-0.39, 0.29) is 0 Å². The molecule has 0 spiro atoms. The van der Waals surface area contributed by atoms with E-state index in [1.54, 1.807) is 0 Å². The minimum absolute atomic E-state index is 0.517. The molecule has 2 rings (SSSR count). The van der Waals surface area contributed by atoms with Crippen molar-refractivity contribution in [3.05, 3.63) is 29.8 Å². The van der Waals surface area contributed by atoms with Crippen LogP contribution in [-0.4, -0.2) is 19.2 Å². The molecule has 1 aromatic rings. The molecule has 2 atom stereocenters. The van der Waals surface area contributed by atoms with E-state index < -0.39 is 0 Å². The molecule has 0 aliphatic carbocycles. The van der Waals surface area contributed by atoms with Gasteiger partial charge in [-0.1, -0.05) is 51.8 Å². The summed E-state index contributed by atoms with van der Waals surface area (Å²) in [4.78, 5) is 0. The summed E-state index contributed by atoms with van der Waals surface area (Å²) < 4.78 is 5.83. The summed E-state index contributed by atoms with van der Waals surface area (Å²) >= 11 is 0. The Balaban J connectivity index is 1.99. The van der Waals surface area contributed by atoms with Gasteiger partial charge in [-0.3, -0.25) is 0 Å². The molecule has 0 saturated carbocycles. The highest BCUT2D eigenvalue weighted by Crippen LogP contribution is 2.36.